The average Bonchev–Trinajstić information content (AvgIpc) is 3.17. The lowest BCUT2D eigenvalue weighted by Gasteiger charge is -2.16. The molecule has 8 heteroatoms. The number of hydrogen-bond donors (Lipinski definition) is 0. The van der Waals surface area contributed by atoms with Crippen molar-refractivity contribution in [3.8, 4) is 17.1 Å². The van der Waals surface area contributed by atoms with E-state index in [1.54, 1.807) is 31.2 Å². The van der Waals surface area contributed by atoms with E-state index in [4.69, 9.17) is 4.74 Å². The second-order valence-electron chi connectivity index (χ2n) is 6.43. The number of thioether (sulfide) groups is 1. The number of carbonyl (C=O) groups excluding carboxylic acids is 1. The summed E-state index contributed by atoms with van der Waals surface area (Å²) in [4.78, 5) is 14.1. The first-order valence-corrected chi connectivity index (χ1v) is 10.2. The predicted octanol–water partition coefficient (Wildman–Crippen LogP) is 3.66. The van der Waals surface area contributed by atoms with E-state index in [-0.39, 0.29) is 17.5 Å². The Kier molecular flexibility index (Phi) is 7.37. The second-order valence-corrected chi connectivity index (χ2v) is 7.38. The Morgan fingerprint density at radius 2 is 1.86 bits per heavy atom. The zero-order valence-electron chi connectivity index (χ0n) is 16.4. The molecule has 0 bridgehead atoms. The number of nitrogens with zero attached hydrogens (tertiary/aromatic N) is 4. The third-order valence-electron chi connectivity index (χ3n) is 4.34. The molecule has 0 saturated heterocycles. The molecular formula is C21H23FN4O2S. The minimum Gasteiger partial charge on any atom is -0.385 e. The van der Waals surface area contributed by atoms with Crippen molar-refractivity contribution in [2.24, 2.45) is 0 Å². The van der Waals surface area contributed by atoms with Crippen LogP contribution in [0.3, 0.4) is 0 Å². The third-order valence-corrected chi connectivity index (χ3v) is 5.26. The van der Waals surface area contributed by atoms with Gasteiger partial charge < -0.3 is 9.64 Å². The molecule has 2 aromatic carbocycles. The molecule has 0 saturated carbocycles. The predicted molar refractivity (Wildman–Crippen MR) is 112 cm³/mol. The molecule has 29 heavy (non-hydrogen) atoms. The first-order chi connectivity index (χ1) is 14.1. The van der Waals surface area contributed by atoms with Gasteiger partial charge in [-0.25, -0.2) is 4.39 Å². The molecule has 1 aromatic heterocycles. The van der Waals surface area contributed by atoms with E-state index in [2.05, 4.69) is 10.2 Å². The van der Waals surface area contributed by atoms with Crippen LogP contribution < -0.4 is 0 Å². The molecule has 1 amide bonds. The average molecular weight is 415 g/mol. The molecule has 0 aliphatic carbocycles. The minimum absolute atomic E-state index is 0.0112. The van der Waals surface area contributed by atoms with Gasteiger partial charge in [0.05, 0.1) is 5.75 Å². The molecule has 0 atom stereocenters. The summed E-state index contributed by atoms with van der Waals surface area (Å²) in [5, 5.41) is 9.20. The number of aromatic nitrogens is 3. The highest BCUT2D eigenvalue weighted by Crippen LogP contribution is 2.28. The number of methoxy groups -OCH3 is 1. The Bertz CT molecular complexity index is 932. The van der Waals surface area contributed by atoms with Crippen LogP contribution in [0, 0.1) is 5.82 Å². The van der Waals surface area contributed by atoms with Crippen molar-refractivity contribution >= 4 is 17.7 Å². The fourth-order valence-corrected chi connectivity index (χ4v) is 3.66. The van der Waals surface area contributed by atoms with Gasteiger partial charge in [-0.2, -0.15) is 0 Å². The van der Waals surface area contributed by atoms with Gasteiger partial charge in [0.15, 0.2) is 11.0 Å². The molecule has 6 nitrogen and oxygen atoms in total. The number of para-hydroxylation sites is 1. The normalized spacial score (nSPS) is 10.9. The highest BCUT2D eigenvalue weighted by atomic mass is 32.2. The summed E-state index contributed by atoms with van der Waals surface area (Å²) >= 11 is 1.33. The SMILES string of the molecule is COCCCN(C)C(=O)CSc1nnc(-c2ccc(F)cc2)n1-c1ccccc1. The van der Waals surface area contributed by atoms with Crippen molar-refractivity contribution in [3.05, 3.63) is 60.4 Å². The van der Waals surface area contributed by atoms with Crippen LogP contribution in [-0.4, -0.2) is 58.6 Å². The fraction of sp³-hybridized carbons (Fsp3) is 0.286. The summed E-state index contributed by atoms with van der Waals surface area (Å²) in [5.74, 6) is 0.547. The van der Waals surface area contributed by atoms with Crippen LogP contribution in [0.2, 0.25) is 0 Å². The zero-order valence-corrected chi connectivity index (χ0v) is 17.2. The fourth-order valence-electron chi connectivity index (χ4n) is 2.77. The van der Waals surface area contributed by atoms with Crippen LogP contribution in [0.15, 0.2) is 59.8 Å². The van der Waals surface area contributed by atoms with Gasteiger partial charge in [-0.1, -0.05) is 30.0 Å². The van der Waals surface area contributed by atoms with Gasteiger partial charge in [0.2, 0.25) is 5.91 Å². The number of rotatable bonds is 9. The molecule has 3 aromatic rings. The lowest BCUT2D eigenvalue weighted by molar-refractivity contribution is -0.127. The molecule has 152 valence electrons. The van der Waals surface area contributed by atoms with Crippen LogP contribution in [0.1, 0.15) is 6.42 Å². The second kappa shape index (κ2) is 10.2. The van der Waals surface area contributed by atoms with Crippen LogP contribution in [0.25, 0.3) is 17.1 Å². The van der Waals surface area contributed by atoms with Crippen LogP contribution in [0.5, 0.6) is 0 Å². The third kappa shape index (κ3) is 5.42. The maximum absolute atomic E-state index is 13.3. The van der Waals surface area contributed by atoms with E-state index in [1.807, 2.05) is 34.9 Å². The summed E-state index contributed by atoms with van der Waals surface area (Å²) in [5.41, 5.74) is 1.62. The van der Waals surface area contributed by atoms with Gasteiger partial charge in [-0.3, -0.25) is 9.36 Å². The molecule has 0 radical (unpaired) electrons. The lowest BCUT2D eigenvalue weighted by Crippen LogP contribution is -2.29. The Labute approximate surface area is 173 Å². The van der Waals surface area contributed by atoms with Crippen molar-refractivity contribution in [1.29, 1.82) is 0 Å². The van der Waals surface area contributed by atoms with Gasteiger partial charge in [-0.15, -0.1) is 10.2 Å². The number of halogens is 1. The minimum atomic E-state index is -0.309. The largest absolute Gasteiger partial charge is 0.385 e. The highest BCUT2D eigenvalue weighted by Gasteiger charge is 2.18. The summed E-state index contributed by atoms with van der Waals surface area (Å²) < 4.78 is 20.2. The quantitative estimate of drug-likeness (QED) is 0.395. The van der Waals surface area contributed by atoms with Crippen molar-refractivity contribution in [2.45, 2.75) is 11.6 Å². The van der Waals surface area contributed by atoms with E-state index in [0.29, 0.717) is 24.1 Å². The standard InChI is InChI=1S/C21H23FN4O2S/c1-25(13-6-14-28-2)19(27)15-29-21-24-23-20(16-9-11-17(22)12-10-16)26(21)18-7-4-3-5-8-18/h3-5,7-12H,6,13-15H2,1-2H3. The molecule has 0 aliphatic heterocycles. The van der Waals surface area contributed by atoms with Gasteiger partial charge >= 0.3 is 0 Å². The maximum Gasteiger partial charge on any atom is 0.232 e. The summed E-state index contributed by atoms with van der Waals surface area (Å²) in [6.07, 6.45) is 0.790. The molecule has 0 spiro atoms. The summed E-state index contributed by atoms with van der Waals surface area (Å²) in [6.45, 7) is 1.26. The van der Waals surface area contributed by atoms with Crippen molar-refractivity contribution < 1.29 is 13.9 Å². The number of amides is 1. The van der Waals surface area contributed by atoms with Crippen LogP contribution >= 0.6 is 11.8 Å². The van der Waals surface area contributed by atoms with E-state index in [9.17, 15) is 9.18 Å². The molecule has 3 rings (SSSR count). The molecule has 0 aliphatic rings. The van der Waals surface area contributed by atoms with E-state index >= 15 is 0 Å². The van der Waals surface area contributed by atoms with Crippen molar-refractivity contribution in [3.63, 3.8) is 0 Å². The van der Waals surface area contributed by atoms with Crippen molar-refractivity contribution in [2.75, 3.05) is 33.1 Å². The lowest BCUT2D eigenvalue weighted by atomic mass is 10.2. The highest BCUT2D eigenvalue weighted by molar-refractivity contribution is 7.99. The van der Waals surface area contributed by atoms with Crippen LogP contribution in [0.4, 0.5) is 4.39 Å². The van der Waals surface area contributed by atoms with Gasteiger partial charge in [0.1, 0.15) is 5.82 Å². The number of benzene rings is 2. The number of ether oxygens (including phenoxy) is 1. The zero-order chi connectivity index (χ0) is 20.6. The Morgan fingerprint density at radius 3 is 2.55 bits per heavy atom. The van der Waals surface area contributed by atoms with Crippen molar-refractivity contribution in [1.82, 2.24) is 19.7 Å². The first kappa shape index (κ1) is 21.0. The monoisotopic (exact) mass is 414 g/mol. The Balaban J connectivity index is 1.82. The first-order valence-electron chi connectivity index (χ1n) is 9.22. The Hall–Kier alpha value is -2.71. The molecule has 0 fully saturated rings. The summed E-state index contributed by atoms with van der Waals surface area (Å²) in [6, 6.07) is 15.8. The summed E-state index contributed by atoms with van der Waals surface area (Å²) in [7, 11) is 3.43. The number of carbonyl (C=O) groups is 1. The molecular weight excluding hydrogens is 391 g/mol. The molecule has 0 unspecified atom stereocenters. The topological polar surface area (TPSA) is 60.2 Å². The molecule has 0 N–H and O–H groups in total. The maximum atomic E-state index is 13.3. The van der Waals surface area contributed by atoms with Gasteiger partial charge in [0.25, 0.3) is 0 Å². The van der Waals surface area contributed by atoms with E-state index in [0.717, 1.165) is 17.7 Å². The van der Waals surface area contributed by atoms with E-state index < -0.39 is 0 Å². The number of hydrogen-bond acceptors (Lipinski definition) is 5. The van der Waals surface area contributed by atoms with Gasteiger partial charge in [0, 0.05) is 38.6 Å². The van der Waals surface area contributed by atoms with Crippen LogP contribution in [-0.2, 0) is 9.53 Å². The van der Waals surface area contributed by atoms with Gasteiger partial charge in [-0.05, 0) is 42.8 Å². The molecule has 1 heterocycles. The smallest absolute Gasteiger partial charge is 0.232 e. The Morgan fingerprint density at radius 1 is 1.14 bits per heavy atom. The van der Waals surface area contributed by atoms with E-state index in [1.165, 1.54) is 23.9 Å².